The second-order valence-electron chi connectivity index (χ2n) is 4.26. The van der Waals surface area contributed by atoms with E-state index in [-0.39, 0.29) is 12.0 Å². The highest BCUT2D eigenvalue weighted by molar-refractivity contribution is 5.81. The highest BCUT2D eigenvalue weighted by Crippen LogP contribution is 2.30. The smallest absolute Gasteiger partial charge is 0.237 e. The first-order valence-electron chi connectivity index (χ1n) is 6.12. The summed E-state index contributed by atoms with van der Waals surface area (Å²) in [5.74, 6) is 1.30. The van der Waals surface area contributed by atoms with Gasteiger partial charge in [-0.15, -0.1) is 0 Å². The second-order valence-corrected chi connectivity index (χ2v) is 4.26. The molecule has 0 saturated heterocycles. The molecule has 2 atom stereocenters. The van der Waals surface area contributed by atoms with Crippen LogP contribution < -0.4 is 20.5 Å². The lowest BCUT2D eigenvalue weighted by molar-refractivity contribution is -0.122. The van der Waals surface area contributed by atoms with Crippen molar-refractivity contribution >= 4 is 5.91 Å². The van der Waals surface area contributed by atoms with Crippen LogP contribution in [-0.4, -0.2) is 31.2 Å². The minimum absolute atomic E-state index is 0.153. The zero-order valence-corrected chi connectivity index (χ0v) is 10.4. The standard InChI is InChI=1S/C13H18N2O3/c1-2-10(14)13(16)15-7-9-8-17-11-5-3-4-6-12(11)18-9/h3-6,9-10H,2,7-8,14H2,1H3,(H,15,16)/t9?,10-/m1/s1. The Balaban J connectivity index is 1.85. The van der Waals surface area contributed by atoms with Crippen molar-refractivity contribution < 1.29 is 14.3 Å². The fourth-order valence-electron chi connectivity index (χ4n) is 1.69. The van der Waals surface area contributed by atoms with Crippen LogP contribution in [0.3, 0.4) is 0 Å². The Morgan fingerprint density at radius 3 is 2.94 bits per heavy atom. The van der Waals surface area contributed by atoms with Crippen molar-refractivity contribution in [2.75, 3.05) is 13.2 Å². The number of rotatable bonds is 4. The zero-order chi connectivity index (χ0) is 13.0. The van der Waals surface area contributed by atoms with Crippen LogP contribution in [0.15, 0.2) is 24.3 Å². The first kappa shape index (κ1) is 12.7. The van der Waals surface area contributed by atoms with Gasteiger partial charge in [0.05, 0.1) is 12.6 Å². The van der Waals surface area contributed by atoms with Gasteiger partial charge in [-0.1, -0.05) is 19.1 Å². The van der Waals surface area contributed by atoms with Crippen molar-refractivity contribution in [1.29, 1.82) is 0 Å². The zero-order valence-electron chi connectivity index (χ0n) is 10.4. The molecule has 0 spiro atoms. The van der Waals surface area contributed by atoms with Crippen LogP contribution in [-0.2, 0) is 4.79 Å². The highest BCUT2D eigenvalue weighted by atomic mass is 16.6. The van der Waals surface area contributed by atoms with E-state index in [2.05, 4.69) is 5.32 Å². The molecule has 1 aliphatic rings. The Kier molecular flexibility index (Phi) is 4.04. The van der Waals surface area contributed by atoms with Crippen LogP contribution in [0.1, 0.15) is 13.3 Å². The molecule has 98 valence electrons. The second kappa shape index (κ2) is 5.73. The number of ether oxygens (including phenoxy) is 2. The predicted molar refractivity (Wildman–Crippen MR) is 67.6 cm³/mol. The first-order chi connectivity index (χ1) is 8.70. The maximum absolute atomic E-state index is 11.5. The molecule has 5 nitrogen and oxygen atoms in total. The minimum atomic E-state index is -0.457. The normalized spacial score (nSPS) is 19.1. The number of para-hydroxylation sites is 2. The molecule has 5 heteroatoms. The number of benzene rings is 1. The quantitative estimate of drug-likeness (QED) is 0.824. The van der Waals surface area contributed by atoms with Crippen LogP contribution >= 0.6 is 0 Å². The molecule has 0 aliphatic carbocycles. The van der Waals surface area contributed by atoms with Gasteiger partial charge >= 0.3 is 0 Å². The summed E-state index contributed by atoms with van der Waals surface area (Å²) in [6.45, 7) is 2.71. The maximum Gasteiger partial charge on any atom is 0.237 e. The highest BCUT2D eigenvalue weighted by Gasteiger charge is 2.21. The van der Waals surface area contributed by atoms with Crippen molar-refractivity contribution in [3.8, 4) is 11.5 Å². The Morgan fingerprint density at radius 2 is 2.22 bits per heavy atom. The van der Waals surface area contributed by atoms with E-state index in [9.17, 15) is 4.79 Å². The number of nitrogens with one attached hydrogen (secondary N) is 1. The van der Waals surface area contributed by atoms with Gasteiger partial charge in [-0.05, 0) is 18.6 Å². The summed E-state index contributed by atoms with van der Waals surface area (Å²) >= 11 is 0. The molecule has 0 aromatic heterocycles. The molecular formula is C13H18N2O3. The molecule has 1 heterocycles. The third kappa shape index (κ3) is 2.92. The number of nitrogens with two attached hydrogens (primary N) is 1. The van der Waals surface area contributed by atoms with Gasteiger partial charge < -0.3 is 20.5 Å². The lowest BCUT2D eigenvalue weighted by Gasteiger charge is -2.26. The van der Waals surface area contributed by atoms with E-state index in [1.165, 1.54) is 0 Å². The average Bonchev–Trinajstić information content (AvgIpc) is 2.43. The summed E-state index contributed by atoms with van der Waals surface area (Å²) in [6.07, 6.45) is 0.448. The van der Waals surface area contributed by atoms with E-state index in [0.717, 1.165) is 5.75 Å². The van der Waals surface area contributed by atoms with Crippen LogP contribution in [0.2, 0.25) is 0 Å². The van der Waals surface area contributed by atoms with Crippen molar-refractivity contribution in [3.63, 3.8) is 0 Å². The van der Waals surface area contributed by atoms with Crippen LogP contribution in [0.4, 0.5) is 0 Å². The number of hydrogen-bond donors (Lipinski definition) is 2. The van der Waals surface area contributed by atoms with E-state index in [1.54, 1.807) is 0 Å². The number of amides is 1. The molecule has 0 fully saturated rings. The molecule has 1 aromatic rings. The van der Waals surface area contributed by atoms with Gasteiger partial charge in [-0.2, -0.15) is 0 Å². The Labute approximate surface area is 106 Å². The van der Waals surface area contributed by atoms with E-state index < -0.39 is 6.04 Å². The monoisotopic (exact) mass is 250 g/mol. The predicted octanol–water partition coefficient (Wildman–Crippen LogP) is 0.680. The lowest BCUT2D eigenvalue weighted by atomic mass is 10.2. The number of carbonyl (C=O) groups excluding carboxylic acids is 1. The van der Waals surface area contributed by atoms with Crippen LogP contribution in [0.5, 0.6) is 11.5 Å². The molecule has 1 amide bonds. The van der Waals surface area contributed by atoms with Crippen LogP contribution in [0, 0.1) is 0 Å². The maximum atomic E-state index is 11.5. The number of carbonyl (C=O) groups is 1. The summed E-state index contributed by atoms with van der Waals surface area (Å²) in [7, 11) is 0. The van der Waals surface area contributed by atoms with Crippen molar-refractivity contribution in [2.24, 2.45) is 5.73 Å². The largest absolute Gasteiger partial charge is 0.486 e. The van der Waals surface area contributed by atoms with E-state index in [0.29, 0.717) is 25.3 Å². The summed E-state index contributed by atoms with van der Waals surface area (Å²) in [6, 6.07) is 7.03. The van der Waals surface area contributed by atoms with Crippen molar-refractivity contribution in [2.45, 2.75) is 25.5 Å². The first-order valence-corrected chi connectivity index (χ1v) is 6.12. The van der Waals surface area contributed by atoms with Gasteiger partial charge in [-0.25, -0.2) is 0 Å². The summed E-state index contributed by atoms with van der Waals surface area (Å²) < 4.78 is 11.3. The summed E-state index contributed by atoms with van der Waals surface area (Å²) in [5, 5.41) is 2.76. The molecule has 1 aliphatic heterocycles. The van der Waals surface area contributed by atoms with Crippen molar-refractivity contribution in [1.82, 2.24) is 5.32 Å². The fourth-order valence-corrected chi connectivity index (χ4v) is 1.69. The summed E-state index contributed by atoms with van der Waals surface area (Å²) in [4.78, 5) is 11.5. The molecule has 1 aromatic carbocycles. The molecule has 0 saturated carbocycles. The average molecular weight is 250 g/mol. The topological polar surface area (TPSA) is 73.6 Å². The lowest BCUT2D eigenvalue weighted by Crippen LogP contribution is -2.46. The molecule has 0 radical (unpaired) electrons. The van der Waals surface area contributed by atoms with Gasteiger partial charge in [0.2, 0.25) is 5.91 Å². The fraction of sp³-hybridized carbons (Fsp3) is 0.462. The number of hydrogen-bond acceptors (Lipinski definition) is 4. The molecule has 18 heavy (non-hydrogen) atoms. The van der Waals surface area contributed by atoms with Gasteiger partial charge in [0.1, 0.15) is 12.7 Å². The number of fused-ring (bicyclic) bond motifs is 1. The molecule has 0 bridgehead atoms. The summed E-state index contributed by atoms with van der Waals surface area (Å²) in [5.41, 5.74) is 5.62. The molecular weight excluding hydrogens is 232 g/mol. The van der Waals surface area contributed by atoms with Crippen LogP contribution in [0.25, 0.3) is 0 Å². The van der Waals surface area contributed by atoms with E-state index >= 15 is 0 Å². The molecule has 2 rings (SSSR count). The minimum Gasteiger partial charge on any atom is -0.486 e. The SMILES string of the molecule is CC[C@@H](N)C(=O)NCC1COc2ccccc2O1. The molecule has 1 unspecified atom stereocenters. The van der Waals surface area contributed by atoms with Gasteiger partial charge in [0.25, 0.3) is 0 Å². The Morgan fingerprint density at radius 1 is 1.50 bits per heavy atom. The van der Waals surface area contributed by atoms with E-state index in [1.807, 2.05) is 31.2 Å². The third-order valence-corrected chi connectivity index (χ3v) is 2.85. The van der Waals surface area contributed by atoms with Gasteiger partial charge in [-0.3, -0.25) is 4.79 Å². The van der Waals surface area contributed by atoms with Gasteiger partial charge in [0.15, 0.2) is 11.5 Å². The third-order valence-electron chi connectivity index (χ3n) is 2.85. The molecule has 3 N–H and O–H groups in total. The Hall–Kier alpha value is -1.75. The van der Waals surface area contributed by atoms with Gasteiger partial charge in [0, 0.05) is 0 Å². The van der Waals surface area contributed by atoms with Crippen molar-refractivity contribution in [3.05, 3.63) is 24.3 Å². The Bertz CT molecular complexity index is 422. The van der Waals surface area contributed by atoms with E-state index in [4.69, 9.17) is 15.2 Å².